The number of methoxy groups -OCH3 is 1. The topological polar surface area (TPSA) is 102 Å². The highest BCUT2D eigenvalue weighted by Crippen LogP contribution is 2.48. The first-order chi connectivity index (χ1) is 19.7. The van der Waals surface area contributed by atoms with Crippen LogP contribution in [0.25, 0.3) is 0 Å². The van der Waals surface area contributed by atoms with E-state index in [1.807, 2.05) is 55.5 Å². The number of fused-ring (bicyclic) bond motifs is 1. The minimum absolute atomic E-state index is 0.00512. The molecule has 0 aliphatic carbocycles. The number of anilines is 1. The van der Waals surface area contributed by atoms with Crippen molar-refractivity contribution >= 4 is 25.7 Å². The van der Waals surface area contributed by atoms with Crippen LogP contribution >= 0.6 is 0 Å². The van der Waals surface area contributed by atoms with Gasteiger partial charge in [0.1, 0.15) is 11.9 Å². The number of aliphatic hydroxyl groups excluding tert-OH is 1. The summed E-state index contributed by atoms with van der Waals surface area (Å²) in [7, 11) is -1.53. The molecule has 1 N–H and O–H groups in total. The molecule has 1 unspecified atom stereocenters. The van der Waals surface area contributed by atoms with E-state index in [0.717, 1.165) is 16.8 Å². The number of benzene rings is 2. The third-order valence-corrected chi connectivity index (χ3v) is 10.5. The molecule has 3 aromatic rings. The molecule has 1 aromatic heterocycles. The van der Waals surface area contributed by atoms with E-state index in [-0.39, 0.29) is 30.1 Å². The molecule has 0 radical (unpaired) electrons. The van der Waals surface area contributed by atoms with Crippen LogP contribution < -0.4 is 9.75 Å². The average molecular weight is 580 g/mol. The first kappa shape index (κ1) is 29.1. The number of nitrogens with zero attached hydrogens (tertiary/aromatic N) is 5. The standard InChI is InChI=1S/C30H38FN5O4Si/c1-20-29(39-2)24-18-23(36-28(38)13-11-25(33-36)21-8-6-5-7-9-21)10-12-26(24)40-30(20)27(41(3,4)31)14-16-35-19-22(15-17-37)32-34-35/h5-10,12,18-20,27,29-30,37H,11,13-17H2,1-4H3/t20-,27?,29-,30-/m1/s1. The monoisotopic (exact) mass is 579 g/mol. The minimum atomic E-state index is -3.18. The first-order valence-corrected chi connectivity index (χ1v) is 17.1. The number of carbonyl (C=O) groups is 1. The Morgan fingerprint density at radius 2 is 1.98 bits per heavy atom. The van der Waals surface area contributed by atoms with Crippen LogP contribution in [0.2, 0.25) is 18.6 Å². The van der Waals surface area contributed by atoms with Gasteiger partial charge in [0.2, 0.25) is 14.3 Å². The van der Waals surface area contributed by atoms with E-state index in [1.54, 1.807) is 31.1 Å². The third-order valence-electron chi connectivity index (χ3n) is 8.10. The molecular formula is C30H38FN5O4Si. The zero-order valence-electron chi connectivity index (χ0n) is 24.0. The molecule has 1 amide bonds. The predicted molar refractivity (Wildman–Crippen MR) is 157 cm³/mol. The summed E-state index contributed by atoms with van der Waals surface area (Å²) < 4.78 is 30.1. The van der Waals surface area contributed by atoms with Crippen molar-refractivity contribution in [3.05, 3.63) is 71.5 Å². The summed E-state index contributed by atoms with van der Waals surface area (Å²) in [6.07, 6.45) is 3.00. The molecule has 11 heteroatoms. The first-order valence-electron chi connectivity index (χ1n) is 14.2. The van der Waals surface area contributed by atoms with E-state index >= 15 is 4.11 Å². The van der Waals surface area contributed by atoms with Gasteiger partial charge in [0.15, 0.2) is 0 Å². The second-order valence-electron chi connectivity index (χ2n) is 11.3. The molecular weight excluding hydrogens is 541 g/mol. The maximum atomic E-state index is 15.9. The molecule has 0 spiro atoms. The largest absolute Gasteiger partial charge is 0.490 e. The predicted octanol–water partition coefficient (Wildman–Crippen LogP) is 5.06. The highest BCUT2D eigenvalue weighted by atomic mass is 28.4. The number of aromatic nitrogens is 3. The number of halogens is 1. The van der Waals surface area contributed by atoms with E-state index in [1.165, 1.54) is 5.01 Å². The van der Waals surface area contributed by atoms with Crippen molar-refractivity contribution in [1.29, 1.82) is 0 Å². The summed E-state index contributed by atoms with van der Waals surface area (Å²) in [6.45, 7) is 5.98. The Morgan fingerprint density at radius 3 is 2.68 bits per heavy atom. The molecule has 0 saturated heterocycles. The molecule has 0 saturated carbocycles. The number of aliphatic hydroxyl groups is 1. The Balaban J connectivity index is 1.41. The van der Waals surface area contributed by atoms with Crippen molar-refractivity contribution in [1.82, 2.24) is 15.0 Å². The van der Waals surface area contributed by atoms with Gasteiger partial charge in [-0.1, -0.05) is 42.5 Å². The van der Waals surface area contributed by atoms with Crippen molar-refractivity contribution in [2.45, 2.75) is 70.0 Å². The van der Waals surface area contributed by atoms with Crippen LogP contribution in [0.1, 0.15) is 49.1 Å². The van der Waals surface area contributed by atoms with Crippen LogP contribution in [0.5, 0.6) is 5.75 Å². The summed E-state index contributed by atoms with van der Waals surface area (Å²) in [6, 6.07) is 15.5. The number of hydrogen-bond donors (Lipinski definition) is 1. The van der Waals surface area contributed by atoms with Gasteiger partial charge in [-0.25, -0.2) is 5.01 Å². The van der Waals surface area contributed by atoms with Crippen LogP contribution in [-0.4, -0.2) is 59.9 Å². The Morgan fingerprint density at radius 1 is 1.20 bits per heavy atom. The molecule has 3 heterocycles. The molecule has 5 rings (SSSR count). The summed E-state index contributed by atoms with van der Waals surface area (Å²) in [5.74, 6) is 0.424. The van der Waals surface area contributed by atoms with Gasteiger partial charge < -0.3 is 18.7 Å². The van der Waals surface area contributed by atoms with Gasteiger partial charge in [-0.2, -0.15) is 5.10 Å². The van der Waals surface area contributed by atoms with E-state index in [4.69, 9.17) is 19.7 Å². The smallest absolute Gasteiger partial charge is 0.247 e. The van der Waals surface area contributed by atoms with Crippen LogP contribution in [0, 0.1) is 5.92 Å². The fraction of sp³-hybridized carbons (Fsp3) is 0.467. The van der Waals surface area contributed by atoms with Crippen molar-refractivity contribution < 1.29 is 23.5 Å². The fourth-order valence-electron chi connectivity index (χ4n) is 5.94. The summed E-state index contributed by atoms with van der Waals surface area (Å²) in [4.78, 5) is 12.9. The normalized spacial score (nSPS) is 21.7. The SMILES string of the molecule is CO[C@H]1c2cc(N3N=C(c4ccccc4)CCC3=O)ccc2O[C@@H](C(CCn2cc(CCO)nn2)[Si](C)(C)F)[C@@H]1C. The molecule has 9 nitrogen and oxygen atoms in total. The van der Waals surface area contributed by atoms with Gasteiger partial charge in [-0.3, -0.25) is 9.48 Å². The van der Waals surface area contributed by atoms with Crippen LogP contribution in [-0.2, 0) is 22.5 Å². The van der Waals surface area contributed by atoms with Crippen LogP contribution in [0.15, 0.2) is 59.8 Å². The van der Waals surface area contributed by atoms with Crippen LogP contribution in [0.3, 0.4) is 0 Å². The molecule has 0 fully saturated rings. The summed E-state index contributed by atoms with van der Waals surface area (Å²) in [5, 5.41) is 23.6. The van der Waals surface area contributed by atoms with E-state index < -0.39 is 14.5 Å². The van der Waals surface area contributed by atoms with Crippen LogP contribution in [0.4, 0.5) is 9.80 Å². The Bertz CT molecular complexity index is 1390. The minimum Gasteiger partial charge on any atom is -0.490 e. The molecule has 2 aromatic carbocycles. The lowest BCUT2D eigenvalue weighted by atomic mass is 9.86. The Labute approximate surface area is 241 Å². The maximum Gasteiger partial charge on any atom is 0.247 e. The lowest BCUT2D eigenvalue weighted by Gasteiger charge is -2.43. The molecule has 0 bridgehead atoms. The quantitative estimate of drug-likeness (QED) is 0.266. The summed E-state index contributed by atoms with van der Waals surface area (Å²) in [5.41, 5.74) is 3.72. The number of hydrazone groups is 1. The lowest BCUT2D eigenvalue weighted by molar-refractivity contribution is -0.118. The number of ether oxygens (including phenoxy) is 2. The number of rotatable bonds is 10. The zero-order valence-corrected chi connectivity index (χ0v) is 25.0. The highest BCUT2D eigenvalue weighted by Gasteiger charge is 2.47. The number of aryl methyl sites for hydroxylation is 1. The second-order valence-corrected chi connectivity index (χ2v) is 15.2. The van der Waals surface area contributed by atoms with Crippen molar-refractivity contribution in [3.8, 4) is 5.75 Å². The molecule has 41 heavy (non-hydrogen) atoms. The molecule has 2 aliphatic heterocycles. The highest BCUT2D eigenvalue weighted by molar-refractivity contribution is 6.72. The van der Waals surface area contributed by atoms with E-state index in [2.05, 4.69) is 10.3 Å². The number of amides is 1. The van der Waals surface area contributed by atoms with E-state index in [0.29, 0.717) is 49.4 Å². The fourth-order valence-corrected chi connectivity index (χ4v) is 7.90. The van der Waals surface area contributed by atoms with Gasteiger partial charge in [-0.15, -0.1) is 5.10 Å². The molecule has 2 aliphatic rings. The average Bonchev–Trinajstić information content (AvgIpc) is 3.41. The second kappa shape index (κ2) is 12.2. The summed E-state index contributed by atoms with van der Waals surface area (Å²) >= 11 is 0. The number of carbonyl (C=O) groups excluding carboxylic acids is 1. The van der Waals surface area contributed by atoms with Gasteiger partial charge in [-0.05, 0) is 43.3 Å². The van der Waals surface area contributed by atoms with Crippen molar-refractivity contribution in [2.75, 3.05) is 18.7 Å². The maximum absolute atomic E-state index is 15.9. The Kier molecular flexibility index (Phi) is 8.67. The van der Waals surface area contributed by atoms with Gasteiger partial charge in [0, 0.05) is 62.7 Å². The van der Waals surface area contributed by atoms with Crippen molar-refractivity contribution in [2.24, 2.45) is 11.0 Å². The van der Waals surface area contributed by atoms with Gasteiger partial charge >= 0.3 is 0 Å². The molecule has 4 atom stereocenters. The van der Waals surface area contributed by atoms with Gasteiger partial charge in [0.05, 0.1) is 23.2 Å². The Hall–Kier alpha value is -3.41. The zero-order chi connectivity index (χ0) is 29.1. The lowest BCUT2D eigenvalue weighted by Crippen LogP contribution is -2.46. The molecule has 218 valence electrons. The number of hydrogen-bond acceptors (Lipinski definition) is 7. The third kappa shape index (κ3) is 6.26. The van der Waals surface area contributed by atoms with E-state index in [9.17, 15) is 4.79 Å². The van der Waals surface area contributed by atoms with Crippen molar-refractivity contribution in [3.63, 3.8) is 0 Å². The van der Waals surface area contributed by atoms with Gasteiger partial charge in [0.25, 0.3) is 0 Å².